The number of fused-ring (bicyclic) bond motifs is 1. The molecule has 2 amide bonds. The second kappa shape index (κ2) is 22.9. The summed E-state index contributed by atoms with van der Waals surface area (Å²) in [6.07, 6.45) is -6.32. The van der Waals surface area contributed by atoms with E-state index in [1.807, 2.05) is 32.8 Å². The van der Waals surface area contributed by atoms with Crippen LogP contribution in [0.4, 0.5) is 16.2 Å². The Hall–Kier alpha value is -2.05. The van der Waals surface area contributed by atoms with Crippen molar-refractivity contribution < 1.29 is 113 Å². The first-order valence-electron chi connectivity index (χ1n) is 19.2. The normalized spacial score (nSPS) is 26.2. The summed E-state index contributed by atoms with van der Waals surface area (Å²) in [7, 11) is -5.07. The van der Waals surface area contributed by atoms with Crippen molar-refractivity contribution in [1.29, 1.82) is 0 Å². The number of nitrogens with zero attached hydrogens (tertiary/aromatic N) is 1. The topological polar surface area (TPSA) is 241 Å². The van der Waals surface area contributed by atoms with Crippen LogP contribution >= 0.6 is 0 Å². The number of carbonyl (C=O) groups is 1. The maximum absolute atomic E-state index is 14.0. The number of amides is 2. The Kier molecular flexibility index (Phi) is 19.9. The second-order valence-corrected chi connectivity index (χ2v) is 17.8. The summed E-state index contributed by atoms with van der Waals surface area (Å²) in [6.45, 7) is 4.93. The van der Waals surface area contributed by atoms with E-state index in [2.05, 4.69) is 14.8 Å². The Morgan fingerprint density at radius 1 is 1.00 bits per heavy atom. The smallest absolute Gasteiger partial charge is 1.00 e. The number of urea groups is 1. The van der Waals surface area contributed by atoms with Gasteiger partial charge in [0.25, 0.3) is 0 Å². The summed E-state index contributed by atoms with van der Waals surface area (Å²) in [5.74, 6) is -1.00. The first kappa shape index (κ1) is 51.3. The van der Waals surface area contributed by atoms with Crippen LogP contribution in [0.2, 0.25) is 0 Å². The fraction of sp³-hybridized carbons (Fsp3) is 0.525. The summed E-state index contributed by atoms with van der Waals surface area (Å²) in [4.78, 5) is 15.5. The third-order valence-corrected chi connectivity index (χ3v) is 12.9. The van der Waals surface area contributed by atoms with Crippen LogP contribution in [0.1, 0.15) is 70.5 Å². The summed E-state index contributed by atoms with van der Waals surface area (Å²) in [6, 6.07) is 19.8. The molecule has 3 aromatic carbocycles. The summed E-state index contributed by atoms with van der Waals surface area (Å²) >= 11 is 0. The molecule has 5 rings (SSSR count). The molecule has 0 bridgehead atoms. The molecule has 16 nitrogen and oxygen atoms in total. The molecule has 2 aliphatic heterocycles. The third kappa shape index (κ3) is 13.5. The van der Waals surface area contributed by atoms with Crippen LogP contribution in [-0.2, 0) is 40.5 Å². The van der Waals surface area contributed by atoms with Gasteiger partial charge in [0.15, 0.2) is 16.1 Å². The molecule has 0 unspecified atom stereocenters. The van der Waals surface area contributed by atoms with Crippen LogP contribution in [0.15, 0.2) is 77.7 Å². The van der Waals surface area contributed by atoms with Crippen molar-refractivity contribution in [2.75, 3.05) is 43.3 Å². The zero-order valence-corrected chi connectivity index (χ0v) is 39.1. The minimum atomic E-state index is -4.93. The molecule has 0 aliphatic carbocycles. The Morgan fingerprint density at radius 2 is 1.68 bits per heavy atom. The predicted octanol–water partition coefficient (Wildman–Crippen LogP) is 0.707. The first-order valence-corrected chi connectivity index (χ1v) is 22.2. The molecule has 324 valence electrons. The Balaban J connectivity index is 0.00000241. The van der Waals surface area contributed by atoms with Gasteiger partial charge in [-0.3, -0.25) is 4.55 Å². The number of aliphatic hydroxyl groups excluding tert-OH is 4. The fourth-order valence-electron chi connectivity index (χ4n) is 7.42. The quantitative estimate of drug-likeness (QED) is 0.0872. The van der Waals surface area contributed by atoms with Gasteiger partial charge < -0.3 is 46.9 Å². The number of hydrogen-bond donors (Lipinski definition) is 7. The minimum Gasteiger partial charge on any atom is -1.00 e. The zero-order chi connectivity index (χ0) is 42.8. The van der Waals surface area contributed by atoms with Gasteiger partial charge in [0, 0.05) is 43.4 Å². The average molecular weight is 892 g/mol. The summed E-state index contributed by atoms with van der Waals surface area (Å²) in [5.41, 5.74) is 1.78. The number of carbonyl (C=O) groups excluding carboxylic acids is 1. The molecule has 0 aromatic heterocycles. The molecule has 2 aliphatic rings. The van der Waals surface area contributed by atoms with Crippen molar-refractivity contribution in [3.8, 4) is 0 Å². The van der Waals surface area contributed by atoms with E-state index in [-0.39, 0.29) is 82.4 Å². The van der Waals surface area contributed by atoms with Gasteiger partial charge in [-0.05, 0) is 66.8 Å². The molecule has 1 saturated heterocycles. The maximum atomic E-state index is 14.0. The predicted molar refractivity (Wildman–Crippen MR) is 219 cm³/mol. The average Bonchev–Trinajstić information content (AvgIpc) is 3.24. The molecular weight excluding hydrogens is 834 g/mol. The largest absolute Gasteiger partial charge is 1.00 e. The first-order chi connectivity index (χ1) is 27.4. The van der Waals surface area contributed by atoms with Gasteiger partial charge in [0.1, 0.15) is 24.4 Å². The van der Waals surface area contributed by atoms with E-state index in [0.717, 1.165) is 18.5 Å². The van der Waals surface area contributed by atoms with Crippen molar-refractivity contribution in [1.82, 2.24) is 5.32 Å². The van der Waals surface area contributed by atoms with Gasteiger partial charge in [0.05, 0.1) is 30.0 Å². The molecule has 8 atom stereocenters. The number of sulfone groups is 1. The third-order valence-electron chi connectivity index (χ3n) is 10.5. The monoisotopic (exact) mass is 891 g/mol. The van der Waals surface area contributed by atoms with E-state index in [1.54, 1.807) is 79.7 Å². The molecule has 7 N–H and O–H groups in total. The molecule has 2 heterocycles. The van der Waals surface area contributed by atoms with Gasteiger partial charge in [0.2, 0.25) is 0 Å². The molecule has 3 aromatic rings. The van der Waals surface area contributed by atoms with Crippen molar-refractivity contribution in [3.63, 3.8) is 0 Å². The fourth-order valence-corrected chi connectivity index (χ4v) is 9.98. The Morgan fingerprint density at radius 3 is 2.29 bits per heavy atom. The van der Waals surface area contributed by atoms with Crippen LogP contribution in [0.5, 0.6) is 0 Å². The molecule has 0 radical (unpaired) electrons. The van der Waals surface area contributed by atoms with Crippen molar-refractivity contribution in [2.24, 2.45) is 5.41 Å². The molecule has 0 spiro atoms. The van der Waals surface area contributed by atoms with Gasteiger partial charge in [-0.25, -0.2) is 17.4 Å². The number of aliphatic hydroxyl groups is 4. The maximum Gasteiger partial charge on any atom is 1.00 e. The zero-order valence-electron chi connectivity index (χ0n) is 35.4. The number of anilines is 2. The van der Waals surface area contributed by atoms with Crippen LogP contribution in [0.3, 0.4) is 0 Å². The van der Waals surface area contributed by atoms with Gasteiger partial charge in [-0.15, -0.1) is 0 Å². The molecular formula is C40H58KN3O13S2. The van der Waals surface area contributed by atoms with E-state index in [4.69, 9.17) is 19.1 Å². The van der Waals surface area contributed by atoms with E-state index in [0.29, 0.717) is 29.5 Å². The summed E-state index contributed by atoms with van der Waals surface area (Å²) in [5, 5.41) is 47.2. The Labute approximate surface area is 391 Å². The van der Waals surface area contributed by atoms with Crippen LogP contribution in [-0.4, -0.2) is 118 Å². The van der Waals surface area contributed by atoms with Crippen LogP contribution in [0, 0.1) is 5.41 Å². The SMILES string of the molecule is CCCC[C@]1(CC)CS(=O)(=O)c2ccc(N(C)C)cc2[C@@H](c2cccc(NC(=O)N[C@@H]3O[C@H](COS(=O)(=O)O)[C@@H](O)[C@H](OCc4ccccc4)[C@H]3O)c2)[C@H]1O.CCO.[H-].[K+]. The van der Waals surface area contributed by atoms with Gasteiger partial charge >= 0.3 is 67.8 Å². The van der Waals surface area contributed by atoms with Crippen molar-refractivity contribution in [3.05, 3.63) is 89.5 Å². The van der Waals surface area contributed by atoms with Gasteiger partial charge in [-0.2, -0.15) is 8.42 Å². The number of hydrogen-bond acceptors (Lipinski definition) is 13. The number of ether oxygens (including phenoxy) is 2. The van der Waals surface area contributed by atoms with E-state index < -0.39 is 81.0 Å². The van der Waals surface area contributed by atoms with Crippen LogP contribution < -0.4 is 66.9 Å². The standard InChI is InChI=1S/C38H51N3O12S2.C2H6O.K.H/c1-5-7-18-38(6-2)23-54(46,47)30-17-16-27(41(3)4)20-28(30)31(35(38)44)25-14-11-15-26(19-25)39-37(45)40-36-33(43)34(51-21-24-12-9-8-10-13-24)32(42)29(53-36)22-52-55(48,49)50;1-2-3;;/h8-17,19-20,29,31-36,42-44H,5-7,18,21-23H2,1-4H3,(H2,39,40,45)(H,48,49,50);3H,2H2,1H3;;/q;;+1;-1/t29-,31-,32-,33-,34+,35-,36-,38-;;;/m1.../s1. The minimum absolute atomic E-state index is 0. The van der Waals surface area contributed by atoms with Crippen molar-refractivity contribution >= 4 is 37.6 Å². The Bertz CT molecular complexity index is 2040. The summed E-state index contributed by atoms with van der Waals surface area (Å²) < 4.78 is 75.7. The molecule has 19 heteroatoms. The number of benzene rings is 3. The molecule has 0 saturated carbocycles. The molecule has 1 fully saturated rings. The van der Waals surface area contributed by atoms with E-state index in [9.17, 15) is 36.9 Å². The van der Waals surface area contributed by atoms with E-state index >= 15 is 0 Å². The number of unbranched alkanes of at least 4 members (excludes halogenated alkanes) is 1. The van der Waals surface area contributed by atoms with Crippen molar-refractivity contribution in [2.45, 2.75) is 101 Å². The van der Waals surface area contributed by atoms with E-state index in [1.165, 1.54) is 0 Å². The number of nitrogens with one attached hydrogen (secondary N) is 2. The van der Waals surface area contributed by atoms with Crippen LogP contribution in [0.25, 0.3) is 0 Å². The second-order valence-electron chi connectivity index (χ2n) is 14.7. The van der Waals surface area contributed by atoms with Gasteiger partial charge in [-0.1, -0.05) is 69.2 Å². The molecule has 59 heavy (non-hydrogen) atoms. The number of rotatable bonds is 14.